The topological polar surface area (TPSA) is 175 Å². The molecule has 0 radical (unpaired) electrons. The van der Waals surface area contributed by atoms with Gasteiger partial charge in [-0.2, -0.15) is 0 Å². The van der Waals surface area contributed by atoms with Crippen molar-refractivity contribution in [3.63, 3.8) is 0 Å². The molecule has 0 aromatic carbocycles. The molecule has 7 unspecified atom stereocenters. The Hall–Kier alpha value is -1.60. The Bertz CT molecular complexity index is 1170. The lowest BCUT2D eigenvalue weighted by Crippen LogP contribution is -2.60. The SMILES string of the molecule is CCCCCCCCC/C=C/C(O)C(COC1OC(CO)C(O)C(O)C1O)NC(=O)CCCCCCCCCCCCCCCCCCCCCCCCOC(=O)CCCCCCCCCCCCC. The molecule has 1 heterocycles. The fourth-order valence-corrected chi connectivity index (χ4v) is 9.61. The van der Waals surface area contributed by atoms with Gasteiger partial charge in [-0.3, -0.25) is 9.59 Å². The van der Waals surface area contributed by atoms with Crippen LogP contribution in [0.5, 0.6) is 0 Å². The highest BCUT2D eigenvalue weighted by Gasteiger charge is 2.44. The highest BCUT2D eigenvalue weighted by molar-refractivity contribution is 5.76. The van der Waals surface area contributed by atoms with Gasteiger partial charge in [0.05, 0.1) is 32.0 Å². The van der Waals surface area contributed by atoms with E-state index in [9.17, 15) is 35.1 Å². The van der Waals surface area contributed by atoms with Crippen molar-refractivity contribution >= 4 is 11.9 Å². The van der Waals surface area contributed by atoms with E-state index in [0.29, 0.717) is 19.4 Å². The second-order valence-corrected chi connectivity index (χ2v) is 21.1. The molecule has 7 atom stereocenters. The number of aliphatic hydroxyl groups is 5. The lowest BCUT2D eigenvalue weighted by atomic mass is 9.99. The number of aliphatic hydroxyl groups excluding tert-OH is 5. The standard InChI is InChI=1S/C59H113NO10/c1-3-5-7-9-11-13-26-31-35-39-43-47-55(64)68-48-44-40-36-32-28-25-23-21-19-17-15-14-16-18-20-22-24-27-30-34-38-42-46-54(63)60-51(52(62)45-41-37-33-29-12-10-8-6-4-2)50-69-59-58(67)57(66)56(65)53(49-61)70-59/h41,45,51-53,56-59,61-62,65-67H,3-40,42-44,46-50H2,1-2H3,(H,60,63)/b45-41+. The minimum Gasteiger partial charge on any atom is -0.466 e. The van der Waals surface area contributed by atoms with E-state index in [2.05, 4.69) is 19.2 Å². The number of hydrogen-bond donors (Lipinski definition) is 6. The first-order valence-corrected chi connectivity index (χ1v) is 30.0. The van der Waals surface area contributed by atoms with Gasteiger partial charge in [-0.15, -0.1) is 0 Å². The van der Waals surface area contributed by atoms with Crippen LogP contribution in [0.15, 0.2) is 12.2 Å². The van der Waals surface area contributed by atoms with Crippen LogP contribution in [-0.4, -0.2) is 100 Å². The number of unbranched alkanes of at least 4 members (excludes halogenated alkanes) is 38. The molecule has 0 aromatic heterocycles. The lowest BCUT2D eigenvalue weighted by molar-refractivity contribution is -0.302. The fraction of sp³-hybridized carbons (Fsp3) is 0.932. The number of ether oxygens (including phenoxy) is 3. The first kappa shape index (κ1) is 66.4. The summed E-state index contributed by atoms with van der Waals surface area (Å²) < 4.78 is 16.7. The minimum atomic E-state index is -1.57. The molecule has 11 heteroatoms. The minimum absolute atomic E-state index is 0.000753. The molecule has 11 nitrogen and oxygen atoms in total. The van der Waals surface area contributed by atoms with E-state index < -0.39 is 49.5 Å². The van der Waals surface area contributed by atoms with Gasteiger partial charge >= 0.3 is 5.97 Å². The van der Waals surface area contributed by atoms with Crippen LogP contribution in [0, 0.1) is 0 Å². The summed E-state index contributed by atoms with van der Waals surface area (Å²) in [7, 11) is 0. The summed E-state index contributed by atoms with van der Waals surface area (Å²) in [6.45, 7) is 4.32. The predicted octanol–water partition coefficient (Wildman–Crippen LogP) is 13.6. The van der Waals surface area contributed by atoms with E-state index in [1.807, 2.05) is 6.08 Å². The number of amides is 1. The quantitative estimate of drug-likeness (QED) is 0.0195. The average molecular weight is 997 g/mol. The van der Waals surface area contributed by atoms with Crippen molar-refractivity contribution in [1.82, 2.24) is 5.32 Å². The van der Waals surface area contributed by atoms with Crippen LogP contribution in [0.3, 0.4) is 0 Å². The first-order valence-electron chi connectivity index (χ1n) is 30.0. The van der Waals surface area contributed by atoms with Crippen LogP contribution in [0.1, 0.15) is 290 Å². The third-order valence-electron chi connectivity index (χ3n) is 14.4. The molecule has 1 rings (SSSR count). The summed E-state index contributed by atoms with van der Waals surface area (Å²) in [5.74, 6) is -0.182. The molecule has 70 heavy (non-hydrogen) atoms. The second kappa shape index (κ2) is 49.6. The molecule has 0 saturated carbocycles. The van der Waals surface area contributed by atoms with Gasteiger partial charge in [-0.1, -0.05) is 257 Å². The van der Waals surface area contributed by atoms with E-state index in [-0.39, 0.29) is 18.5 Å². The monoisotopic (exact) mass is 996 g/mol. The summed E-state index contributed by atoms with van der Waals surface area (Å²) in [5, 5.41) is 54.2. The van der Waals surface area contributed by atoms with Gasteiger partial charge in [-0.25, -0.2) is 0 Å². The molecule has 1 amide bonds. The molecule has 0 bridgehead atoms. The van der Waals surface area contributed by atoms with Crippen molar-refractivity contribution in [3.8, 4) is 0 Å². The van der Waals surface area contributed by atoms with E-state index in [1.165, 1.54) is 205 Å². The maximum absolute atomic E-state index is 13.0. The molecule has 1 aliphatic heterocycles. The van der Waals surface area contributed by atoms with Crippen LogP contribution >= 0.6 is 0 Å². The maximum atomic E-state index is 13.0. The Kier molecular flexibility index (Phi) is 47.1. The number of hydrogen-bond acceptors (Lipinski definition) is 10. The zero-order valence-corrected chi connectivity index (χ0v) is 45.5. The summed E-state index contributed by atoms with van der Waals surface area (Å²) in [5.41, 5.74) is 0. The Morgan fingerprint density at radius 3 is 1.33 bits per heavy atom. The van der Waals surface area contributed by atoms with Crippen LogP contribution in [-0.2, 0) is 23.8 Å². The van der Waals surface area contributed by atoms with Gasteiger partial charge in [0.1, 0.15) is 24.4 Å². The van der Waals surface area contributed by atoms with Crippen LogP contribution in [0.4, 0.5) is 0 Å². The van der Waals surface area contributed by atoms with E-state index in [4.69, 9.17) is 14.2 Å². The highest BCUT2D eigenvalue weighted by atomic mass is 16.7. The average Bonchev–Trinajstić information content (AvgIpc) is 3.36. The number of rotatable bonds is 52. The van der Waals surface area contributed by atoms with Gasteiger partial charge in [0.2, 0.25) is 5.91 Å². The molecule has 0 aliphatic carbocycles. The Balaban J connectivity index is 2.00. The zero-order valence-electron chi connectivity index (χ0n) is 45.5. The highest BCUT2D eigenvalue weighted by Crippen LogP contribution is 2.23. The van der Waals surface area contributed by atoms with Gasteiger partial charge in [0, 0.05) is 12.8 Å². The fourth-order valence-electron chi connectivity index (χ4n) is 9.61. The van der Waals surface area contributed by atoms with Crippen molar-refractivity contribution in [3.05, 3.63) is 12.2 Å². The number of carbonyl (C=O) groups excluding carboxylic acids is 2. The number of allylic oxidation sites excluding steroid dienone is 1. The molecule has 0 spiro atoms. The second-order valence-electron chi connectivity index (χ2n) is 21.1. The lowest BCUT2D eigenvalue weighted by Gasteiger charge is -2.40. The molecule has 1 saturated heterocycles. The van der Waals surface area contributed by atoms with Crippen LogP contribution in [0.2, 0.25) is 0 Å². The van der Waals surface area contributed by atoms with Crippen molar-refractivity contribution in [2.45, 2.75) is 333 Å². The van der Waals surface area contributed by atoms with Gasteiger partial charge < -0.3 is 45.1 Å². The van der Waals surface area contributed by atoms with Crippen molar-refractivity contribution in [1.29, 1.82) is 0 Å². The Morgan fingerprint density at radius 2 is 0.900 bits per heavy atom. The number of nitrogens with one attached hydrogen (secondary N) is 1. The molecule has 1 aliphatic rings. The normalized spacial score (nSPS) is 19.2. The molecule has 1 fully saturated rings. The van der Waals surface area contributed by atoms with E-state index >= 15 is 0 Å². The predicted molar refractivity (Wildman–Crippen MR) is 288 cm³/mol. The summed E-state index contributed by atoms with van der Waals surface area (Å²) >= 11 is 0. The smallest absolute Gasteiger partial charge is 0.305 e. The zero-order chi connectivity index (χ0) is 51.0. The van der Waals surface area contributed by atoms with Crippen molar-refractivity contribution < 1.29 is 49.3 Å². The molecule has 6 N–H and O–H groups in total. The van der Waals surface area contributed by atoms with Gasteiger partial charge in [0.25, 0.3) is 0 Å². The molecular formula is C59H113NO10. The van der Waals surface area contributed by atoms with Gasteiger partial charge in [0.15, 0.2) is 6.29 Å². The van der Waals surface area contributed by atoms with Crippen molar-refractivity contribution in [2.75, 3.05) is 19.8 Å². The Labute approximate surface area is 429 Å². The Morgan fingerprint density at radius 1 is 0.514 bits per heavy atom. The van der Waals surface area contributed by atoms with E-state index in [1.54, 1.807) is 6.08 Å². The van der Waals surface area contributed by atoms with Crippen molar-refractivity contribution in [2.24, 2.45) is 0 Å². The molecular weight excluding hydrogens is 883 g/mol. The van der Waals surface area contributed by atoms with Crippen LogP contribution in [0.25, 0.3) is 0 Å². The first-order chi connectivity index (χ1) is 34.2. The molecule has 0 aromatic rings. The maximum Gasteiger partial charge on any atom is 0.305 e. The third kappa shape index (κ3) is 38.9. The van der Waals surface area contributed by atoms with Gasteiger partial charge in [-0.05, 0) is 32.1 Å². The summed E-state index contributed by atoms with van der Waals surface area (Å²) in [4.78, 5) is 25.0. The third-order valence-corrected chi connectivity index (χ3v) is 14.4. The van der Waals surface area contributed by atoms with E-state index in [0.717, 1.165) is 57.8 Å². The molecule has 414 valence electrons. The number of carbonyl (C=O) groups is 2. The largest absolute Gasteiger partial charge is 0.466 e. The summed E-state index contributed by atoms with van der Waals surface area (Å²) in [6.07, 6.45) is 47.5. The van der Waals surface area contributed by atoms with Crippen LogP contribution < -0.4 is 5.32 Å². The number of esters is 1. The summed E-state index contributed by atoms with van der Waals surface area (Å²) in [6, 6.07) is -0.807.